The molecule has 92 valence electrons. The van der Waals surface area contributed by atoms with Crippen LogP contribution in [0.5, 0.6) is 5.75 Å². The average molecular weight is 238 g/mol. The molecule has 0 atom stereocenters. The third kappa shape index (κ3) is 2.80. The summed E-state index contributed by atoms with van der Waals surface area (Å²) in [6, 6.07) is 14.3. The molecule has 0 bridgehead atoms. The minimum atomic E-state index is 0.682. The zero-order valence-electron chi connectivity index (χ0n) is 11.2. The molecule has 1 nitrogen and oxygen atoms in total. The van der Waals surface area contributed by atoms with Crippen LogP contribution >= 0.6 is 0 Å². The SMILES string of the molecule is C=C(Oc1ccc(C)cc1C)c1ccc(C)cc1. The monoisotopic (exact) mass is 238 g/mol. The zero-order valence-corrected chi connectivity index (χ0v) is 11.2. The zero-order chi connectivity index (χ0) is 13.1. The Bertz CT molecular complexity index is 565. The van der Waals surface area contributed by atoms with E-state index in [1.165, 1.54) is 11.1 Å². The second kappa shape index (κ2) is 5.09. The molecule has 0 amide bonds. The molecule has 0 spiro atoms. The van der Waals surface area contributed by atoms with Gasteiger partial charge >= 0.3 is 0 Å². The van der Waals surface area contributed by atoms with E-state index in [9.17, 15) is 0 Å². The molecular formula is C17H18O. The molecule has 18 heavy (non-hydrogen) atoms. The highest BCUT2D eigenvalue weighted by molar-refractivity contribution is 5.60. The molecule has 0 aliphatic rings. The summed E-state index contributed by atoms with van der Waals surface area (Å²) in [5.74, 6) is 1.55. The van der Waals surface area contributed by atoms with E-state index in [0.717, 1.165) is 16.9 Å². The van der Waals surface area contributed by atoms with Gasteiger partial charge in [-0.2, -0.15) is 0 Å². The number of ether oxygens (including phenoxy) is 1. The highest BCUT2D eigenvalue weighted by atomic mass is 16.5. The Kier molecular flexibility index (Phi) is 3.52. The Morgan fingerprint density at radius 2 is 1.50 bits per heavy atom. The first-order valence-corrected chi connectivity index (χ1v) is 6.07. The number of rotatable bonds is 3. The molecule has 0 fully saturated rings. The largest absolute Gasteiger partial charge is 0.457 e. The lowest BCUT2D eigenvalue weighted by Gasteiger charge is -2.12. The van der Waals surface area contributed by atoms with Gasteiger partial charge in [0.05, 0.1) is 0 Å². The van der Waals surface area contributed by atoms with Crippen molar-refractivity contribution in [2.45, 2.75) is 20.8 Å². The minimum absolute atomic E-state index is 0.682. The molecule has 0 radical (unpaired) electrons. The van der Waals surface area contributed by atoms with Crippen LogP contribution in [0.4, 0.5) is 0 Å². The summed E-state index contributed by atoms with van der Waals surface area (Å²) in [7, 11) is 0. The molecule has 0 N–H and O–H groups in total. The van der Waals surface area contributed by atoms with Gasteiger partial charge in [-0.1, -0.05) is 54.1 Å². The van der Waals surface area contributed by atoms with Crippen LogP contribution in [0.3, 0.4) is 0 Å². The van der Waals surface area contributed by atoms with Crippen molar-refractivity contribution in [3.05, 3.63) is 71.3 Å². The lowest BCUT2D eigenvalue weighted by Crippen LogP contribution is -1.95. The van der Waals surface area contributed by atoms with Crippen LogP contribution in [0.2, 0.25) is 0 Å². The van der Waals surface area contributed by atoms with Crippen molar-refractivity contribution in [3.63, 3.8) is 0 Å². The minimum Gasteiger partial charge on any atom is -0.457 e. The van der Waals surface area contributed by atoms with Gasteiger partial charge in [-0.3, -0.25) is 0 Å². The summed E-state index contributed by atoms with van der Waals surface area (Å²) >= 11 is 0. The van der Waals surface area contributed by atoms with E-state index >= 15 is 0 Å². The fraction of sp³-hybridized carbons (Fsp3) is 0.176. The lowest BCUT2D eigenvalue weighted by molar-refractivity contribution is 0.512. The maximum absolute atomic E-state index is 5.83. The van der Waals surface area contributed by atoms with Crippen LogP contribution in [0.15, 0.2) is 49.0 Å². The van der Waals surface area contributed by atoms with Gasteiger partial charge in [0, 0.05) is 5.56 Å². The van der Waals surface area contributed by atoms with Crippen molar-refractivity contribution in [2.75, 3.05) is 0 Å². The molecule has 2 rings (SSSR count). The van der Waals surface area contributed by atoms with E-state index in [-0.39, 0.29) is 0 Å². The summed E-state index contributed by atoms with van der Waals surface area (Å²) < 4.78 is 5.83. The normalized spacial score (nSPS) is 10.2. The van der Waals surface area contributed by atoms with Gasteiger partial charge in [-0.25, -0.2) is 0 Å². The van der Waals surface area contributed by atoms with Gasteiger partial charge in [-0.05, 0) is 32.4 Å². The molecular weight excluding hydrogens is 220 g/mol. The van der Waals surface area contributed by atoms with E-state index in [4.69, 9.17) is 4.74 Å². The molecule has 0 heterocycles. The second-order valence-electron chi connectivity index (χ2n) is 4.66. The number of hydrogen-bond donors (Lipinski definition) is 0. The summed E-state index contributed by atoms with van der Waals surface area (Å²) in [6.07, 6.45) is 0. The lowest BCUT2D eigenvalue weighted by atomic mass is 10.1. The highest BCUT2D eigenvalue weighted by Gasteiger charge is 2.04. The van der Waals surface area contributed by atoms with Gasteiger partial charge in [-0.15, -0.1) is 0 Å². The molecule has 2 aromatic rings. The Morgan fingerprint density at radius 3 is 2.11 bits per heavy atom. The Labute approximate surface area is 109 Å². The van der Waals surface area contributed by atoms with E-state index < -0.39 is 0 Å². The molecule has 0 saturated carbocycles. The smallest absolute Gasteiger partial charge is 0.130 e. The number of benzene rings is 2. The summed E-state index contributed by atoms with van der Waals surface area (Å²) in [6.45, 7) is 10.2. The van der Waals surface area contributed by atoms with Gasteiger partial charge in [0.2, 0.25) is 0 Å². The van der Waals surface area contributed by atoms with Gasteiger partial charge < -0.3 is 4.74 Å². The Morgan fingerprint density at radius 1 is 0.889 bits per heavy atom. The third-order valence-electron chi connectivity index (χ3n) is 2.94. The van der Waals surface area contributed by atoms with E-state index in [1.807, 2.05) is 31.2 Å². The Balaban J connectivity index is 2.18. The molecule has 0 aliphatic carbocycles. The van der Waals surface area contributed by atoms with E-state index in [0.29, 0.717) is 5.76 Å². The van der Waals surface area contributed by atoms with Gasteiger partial charge in [0.15, 0.2) is 0 Å². The second-order valence-corrected chi connectivity index (χ2v) is 4.66. The van der Waals surface area contributed by atoms with Crippen molar-refractivity contribution < 1.29 is 4.74 Å². The third-order valence-corrected chi connectivity index (χ3v) is 2.94. The topological polar surface area (TPSA) is 9.23 Å². The van der Waals surface area contributed by atoms with Gasteiger partial charge in [0.25, 0.3) is 0 Å². The summed E-state index contributed by atoms with van der Waals surface area (Å²) in [5, 5.41) is 0. The van der Waals surface area contributed by atoms with E-state index in [2.05, 4.69) is 38.6 Å². The molecule has 0 saturated heterocycles. The predicted octanol–water partition coefficient (Wildman–Crippen LogP) is 4.66. The van der Waals surface area contributed by atoms with Crippen LogP contribution in [0.1, 0.15) is 22.3 Å². The van der Waals surface area contributed by atoms with Crippen LogP contribution in [0, 0.1) is 20.8 Å². The quantitative estimate of drug-likeness (QED) is 0.706. The first-order chi connectivity index (χ1) is 8.56. The van der Waals surface area contributed by atoms with Crippen LogP contribution in [-0.2, 0) is 0 Å². The first kappa shape index (κ1) is 12.4. The standard InChI is InChI=1S/C17H18O/c1-12-5-8-16(9-6-12)15(4)18-17-10-7-13(2)11-14(17)3/h5-11H,4H2,1-3H3. The molecule has 1 heteroatoms. The van der Waals surface area contributed by atoms with Gasteiger partial charge in [0.1, 0.15) is 11.5 Å². The average Bonchev–Trinajstić information content (AvgIpc) is 2.33. The van der Waals surface area contributed by atoms with Crippen molar-refractivity contribution in [2.24, 2.45) is 0 Å². The molecule has 0 aliphatic heterocycles. The number of aryl methyl sites for hydroxylation is 3. The molecule has 0 unspecified atom stereocenters. The van der Waals surface area contributed by atoms with Crippen LogP contribution < -0.4 is 4.74 Å². The first-order valence-electron chi connectivity index (χ1n) is 6.07. The van der Waals surface area contributed by atoms with Crippen molar-refractivity contribution >= 4 is 5.76 Å². The number of hydrogen-bond acceptors (Lipinski definition) is 1. The predicted molar refractivity (Wildman–Crippen MR) is 76.8 cm³/mol. The highest BCUT2D eigenvalue weighted by Crippen LogP contribution is 2.24. The maximum Gasteiger partial charge on any atom is 0.130 e. The van der Waals surface area contributed by atoms with Crippen molar-refractivity contribution in [1.29, 1.82) is 0 Å². The molecule has 2 aromatic carbocycles. The van der Waals surface area contributed by atoms with Crippen molar-refractivity contribution in [3.8, 4) is 5.75 Å². The van der Waals surface area contributed by atoms with Crippen molar-refractivity contribution in [1.82, 2.24) is 0 Å². The maximum atomic E-state index is 5.83. The Hall–Kier alpha value is -2.02. The fourth-order valence-electron chi connectivity index (χ4n) is 1.84. The molecule has 0 aromatic heterocycles. The van der Waals surface area contributed by atoms with E-state index in [1.54, 1.807) is 0 Å². The van der Waals surface area contributed by atoms with Crippen LogP contribution in [0.25, 0.3) is 5.76 Å². The summed E-state index contributed by atoms with van der Waals surface area (Å²) in [4.78, 5) is 0. The fourth-order valence-corrected chi connectivity index (χ4v) is 1.84. The summed E-state index contributed by atoms with van der Waals surface area (Å²) in [5.41, 5.74) is 4.61. The van der Waals surface area contributed by atoms with Crippen LogP contribution in [-0.4, -0.2) is 0 Å².